The van der Waals surface area contributed by atoms with Crippen molar-refractivity contribution >= 4 is 34.3 Å². The number of carboxylic acids is 1. The summed E-state index contributed by atoms with van der Waals surface area (Å²) < 4.78 is 0. The molecule has 174 valence electrons. The molecule has 0 radical (unpaired) electrons. The molecule has 10 heteroatoms. The molecule has 0 saturated heterocycles. The lowest BCUT2D eigenvalue weighted by atomic mass is 9.98. The minimum atomic E-state index is -0.956. The van der Waals surface area contributed by atoms with Crippen LogP contribution in [0.2, 0.25) is 0 Å². The number of aliphatic carboxylic acids is 1. The van der Waals surface area contributed by atoms with E-state index >= 15 is 0 Å². The molecule has 0 saturated carbocycles. The maximum atomic E-state index is 12.3. The molecule has 0 aliphatic rings. The fraction of sp³-hybridized carbons (Fsp3) is 0.0800. The SMILES string of the molecule is CO[N+](=O)c1cc(-c2ccc3[nH]cc(-c4ccccc4)c3c2)cc(-c2nc(SCC(=O)O)n[nH]2)c1. The highest BCUT2D eigenvalue weighted by molar-refractivity contribution is 7.99. The molecule has 0 atom stereocenters. The first-order valence-electron chi connectivity index (χ1n) is 10.6. The molecule has 5 aromatic rings. The Morgan fingerprint density at radius 3 is 2.60 bits per heavy atom. The van der Waals surface area contributed by atoms with Gasteiger partial charge in [-0.2, -0.15) is 0 Å². The Morgan fingerprint density at radius 1 is 1.03 bits per heavy atom. The summed E-state index contributed by atoms with van der Waals surface area (Å²) in [6.07, 6.45) is 1.99. The molecule has 9 nitrogen and oxygen atoms in total. The minimum Gasteiger partial charge on any atom is -0.481 e. The second kappa shape index (κ2) is 9.43. The Kier molecular flexibility index (Phi) is 6.02. The summed E-state index contributed by atoms with van der Waals surface area (Å²) in [6.45, 7) is 0. The van der Waals surface area contributed by atoms with Crippen LogP contribution in [0.5, 0.6) is 0 Å². The van der Waals surface area contributed by atoms with Crippen LogP contribution < -0.4 is 0 Å². The first-order chi connectivity index (χ1) is 17.0. The van der Waals surface area contributed by atoms with Gasteiger partial charge in [-0.1, -0.05) is 48.2 Å². The van der Waals surface area contributed by atoms with Gasteiger partial charge in [0.15, 0.2) is 12.9 Å². The highest BCUT2D eigenvalue weighted by Gasteiger charge is 2.20. The molecule has 0 spiro atoms. The number of aromatic amines is 2. The van der Waals surface area contributed by atoms with Crippen LogP contribution in [-0.4, -0.2) is 49.0 Å². The van der Waals surface area contributed by atoms with Crippen LogP contribution in [0.25, 0.3) is 44.5 Å². The van der Waals surface area contributed by atoms with Crippen LogP contribution in [0.4, 0.5) is 5.69 Å². The smallest absolute Gasteiger partial charge is 0.318 e. The standard InChI is InChI=1S/C25H19N5O4S/c1-34-30(33)19-10-17(9-18(11-19)24-27-25(29-28-24)35-14-23(31)32)16-7-8-22-20(12-16)21(13-26-22)15-5-3-2-4-6-15/h2-13,26H,14H2,1H3,(H-,27,28,29,31,32)/p+1. The zero-order valence-electron chi connectivity index (χ0n) is 18.6. The lowest BCUT2D eigenvalue weighted by molar-refractivity contribution is -0.736. The van der Waals surface area contributed by atoms with Crippen molar-refractivity contribution in [2.45, 2.75) is 5.16 Å². The predicted molar refractivity (Wildman–Crippen MR) is 133 cm³/mol. The van der Waals surface area contributed by atoms with E-state index in [9.17, 15) is 9.70 Å². The fourth-order valence-electron chi connectivity index (χ4n) is 3.85. The average Bonchev–Trinajstić information content (AvgIpc) is 3.54. The average molecular weight is 487 g/mol. The van der Waals surface area contributed by atoms with E-state index in [1.165, 1.54) is 7.11 Å². The molecule has 3 N–H and O–H groups in total. The third-order valence-electron chi connectivity index (χ3n) is 5.46. The Balaban J connectivity index is 1.59. The Hall–Kier alpha value is -4.44. The van der Waals surface area contributed by atoms with Gasteiger partial charge in [-0.3, -0.25) is 9.89 Å². The van der Waals surface area contributed by atoms with E-state index in [1.54, 1.807) is 12.1 Å². The quantitative estimate of drug-likeness (QED) is 0.197. The largest absolute Gasteiger partial charge is 0.481 e. The summed E-state index contributed by atoms with van der Waals surface area (Å²) in [5.41, 5.74) is 5.77. The first kappa shape index (κ1) is 22.4. The van der Waals surface area contributed by atoms with Crippen molar-refractivity contribution in [3.63, 3.8) is 0 Å². The van der Waals surface area contributed by atoms with Gasteiger partial charge >= 0.3 is 11.7 Å². The summed E-state index contributed by atoms with van der Waals surface area (Å²) in [5.74, 6) is -0.693. The molecule has 0 unspecified atom stereocenters. The summed E-state index contributed by atoms with van der Waals surface area (Å²) in [6, 6.07) is 21.4. The van der Waals surface area contributed by atoms with Crippen molar-refractivity contribution in [1.82, 2.24) is 20.2 Å². The number of thioether (sulfide) groups is 1. The molecule has 0 amide bonds. The summed E-state index contributed by atoms with van der Waals surface area (Å²) in [4.78, 5) is 36.2. The third-order valence-corrected chi connectivity index (χ3v) is 6.29. The zero-order valence-corrected chi connectivity index (χ0v) is 19.4. The lowest BCUT2D eigenvalue weighted by Gasteiger charge is -2.06. The first-order valence-corrected chi connectivity index (χ1v) is 11.6. The van der Waals surface area contributed by atoms with Gasteiger partial charge in [0.1, 0.15) is 0 Å². The van der Waals surface area contributed by atoms with Gasteiger partial charge in [-0.25, -0.2) is 9.82 Å². The van der Waals surface area contributed by atoms with Crippen molar-refractivity contribution in [3.8, 4) is 33.6 Å². The van der Waals surface area contributed by atoms with E-state index in [0.717, 1.165) is 44.9 Å². The number of benzene rings is 3. The number of hydrogen-bond donors (Lipinski definition) is 3. The van der Waals surface area contributed by atoms with Gasteiger partial charge in [0, 0.05) is 40.4 Å². The van der Waals surface area contributed by atoms with Crippen LogP contribution >= 0.6 is 11.8 Å². The van der Waals surface area contributed by atoms with Crippen LogP contribution in [0.1, 0.15) is 0 Å². The molecule has 0 aliphatic carbocycles. The Bertz CT molecular complexity index is 1540. The lowest BCUT2D eigenvalue weighted by Crippen LogP contribution is -1.99. The third kappa shape index (κ3) is 4.64. The van der Waals surface area contributed by atoms with Crippen LogP contribution in [0.3, 0.4) is 0 Å². The van der Waals surface area contributed by atoms with Gasteiger partial charge in [-0.05, 0) is 34.9 Å². The zero-order chi connectivity index (χ0) is 24.4. The molecule has 3 aromatic carbocycles. The molecule has 0 fully saturated rings. The van der Waals surface area contributed by atoms with Crippen LogP contribution in [-0.2, 0) is 9.63 Å². The van der Waals surface area contributed by atoms with Gasteiger partial charge in [0.25, 0.3) is 4.92 Å². The van der Waals surface area contributed by atoms with Gasteiger partial charge < -0.3 is 10.1 Å². The van der Waals surface area contributed by atoms with Crippen molar-refractivity contribution in [2.24, 2.45) is 0 Å². The van der Waals surface area contributed by atoms with E-state index in [4.69, 9.17) is 9.94 Å². The maximum Gasteiger partial charge on any atom is 0.318 e. The Labute approximate surface area is 203 Å². The molecule has 35 heavy (non-hydrogen) atoms. The molecule has 5 rings (SSSR count). The predicted octanol–water partition coefficient (Wildman–Crippen LogP) is 5.44. The molecule has 2 heterocycles. The van der Waals surface area contributed by atoms with E-state index in [1.807, 2.05) is 42.6 Å². The normalized spacial score (nSPS) is 11.0. The maximum absolute atomic E-state index is 12.3. The number of aromatic nitrogens is 4. The number of nitrogens with zero attached hydrogens (tertiary/aromatic N) is 3. The highest BCUT2D eigenvalue weighted by Crippen LogP contribution is 2.35. The minimum absolute atomic E-state index is 0.152. The monoisotopic (exact) mass is 486 g/mol. The van der Waals surface area contributed by atoms with Crippen molar-refractivity contribution in [1.29, 1.82) is 0 Å². The van der Waals surface area contributed by atoms with Crippen molar-refractivity contribution in [2.75, 3.05) is 12.9 Å². The van der Waals surface area contributed by atoms with E-state index in [0.29, 0.717) is 21.5 Å². The van der Waals surface area contributed by atoms with Crippen LogP contribution in [0.15, 0.2) is 78.1 Å². The number of hydrogen-bond acceptors (Lipinski definition) is 6. The molecule has 2 aromatic heterocycles. The van der Waals surface area contributed by atoms with E-state index in [2.05, 4.69) is 38.4 Å². The van der Waals surface area contributed by atoms with E-state index in [-0.39, 0.29) is 11.4 Å². The number of carboxylic acid groups (broad SMARTS) is 1. The molecule has 0 aliphatic heterocycles. The topological polar surface area (TPSA) is 124 Å². The molecular weight excluding hydrogens is 466 g/mol. The number of nitrogens with one attached hydrogen (secondary N) is 2. The molecular formula is C25H20N5O4S+. The summed E-state index contributed by atoms with van der Waals surface area (Å²) in [5, 5.41) is 17.2. The van der Waals surface area contributed by atoms with Crippen molar-refractivity contribution in [3.05, 3.63) is 77.8 Å². The second-order valence-electron chi connectivity index (χ2n) is 7.69. The summed E-state index contributed by atoms with van der Waals surface area (Å²) in [7, 11) is 1.30. The Morgan fingerprint density at radius 2 is 1.83 bits per heavy atom. The highest BCUT2D eigenvalue weighted by atomic mass is 32.2. The fourth-order valence-corrected chi connectivity index (χ4v) is 4.37. The van der Waals surface area contributed by atoms with Crippen LogP contribution in [0, 0.1) is 4.91 Å². The van der Waals surface area contributed by atoms with Gasteiger partial charge in [0.05, 0.1) is 10.7 Å². The number of fused-ring (bicyclic) bond motifs is 1. The number of carbonyl (C=O) groups is 1. The summed E-state index contributed by atoms with van der Waals surface area (Å²) >= 11 is 1.01. The number of H-pyrrole nitrogens is 2. The number of rotatable bonds is 8. The van der Waals surface area contributed by atoms with Gasteiger partial charge in [0.2, 0.25) is 5.16 Å². The van der Waals surface area contributed by atoms with Crippen molar-refractivity contribution < 1.29 is 19.7 Å². The molecule has 0 bridgehead atoms. The van der Waals surface area contributed by atoms with Gasteiger partial charge in [-0.15, -0.1) is 5.10 Å². The second-order valence-corrected chi connectivity index (χ2v) is 8.63. The van der Waals surface area contributed by atoms with E-state index < -0.39 is 5.97 Å².